The molecule has 0 atom stereocenters. The van der Waals surface area contributed by atoms with Gasteiger partial charge in [-0.1, -0.05) is 0 Å². The van der Waals surface area contributed by atoms with E-state index in [1.807, 2.05) is 20.2 Å². The van der Waals surface area contributed by atoms with Crippen LogP contribution in [0, 0.1) is 6.92 Å². The van der Waals surface area contributed by atoms with Gasteiger partial charge in [0.1, 0.15) is 5.69 Å². The number of alkyl halides is 2. The monoisotopic (exact) mass is 332 g/mol. The zero-order valence-corrected chi connectivity index (χ0v) is 13.6. The largest absolute Gasteiger partial charge is 0.294 e. The number of nitrogens with zero attached hydrogens (tertiary/aromatic N) is 5. The summed E-state index contributed by atoms with van der Waals surface area (Å²) >= 11 is 0. The molecule has 8 heteroatoms. The maximum atomic E-state index is 13.0. The molecule has 1 N–H and O–H groups in total. The minimum atomic E-state index is -2.54. The molecule has 0 spiro atoms. The second-order valence-corrected chi connectivity index (χ2v) is 6.25. The van der Waals surface area contributed by atoms with Crippen molar-refractivity contribution < 1.29 is 8.78 Å². The number of aromatic nitrogens is 5. The van der Waals surface area contributed by atoms with Crippen LogP contribution in [0.3, 0.4) is 0 Å². The average molecular weight is 332 g/mol. The lowest BCUT2D eigenvalue weighted by molar-refractivity contribution is 0.142. The van der Waals surface area contributed by atoms with Gasteiger partial charge in [-0.3, -0.25) is 14.7 Å². The summed E-state index contributed by atoms with van der Waals surface area (Å²) in [4.78, 5) is 6.63. The number of nitrogens with one attached hydrogen (secondary N) is 1. The molecule has 0 amide bonds. The zero-order chi connectivity index (χ0) is 16.8. The van der Waals surface area contributed by atoms with Crippen LogP contribution in [-0.2, 0) is 26.6 Å². The van der Waals surface area contributed by atoms with Crippen molar-refractivity contribution in [3.8, 4) is 0 Å². The predicted octanol–water partition coefficient (Wildman–Crippen LogP) is 2.50. The van der Waals surface area contributed by atoms with E-state index in [-0.39, 0.29) is 5.69 Å². The third-order valence-corrected chi connectivity index (χ3v) is 4.58. The normalized spacial score (nSPS) is 15.4. The summed E-state index contributed by atoms with van der Waals surface area (Å²) in [6.07, 6.45) is -0.0000483. The van der Waals surface area contributed by atoms with E-state index in [4.69, 9.17) is 0 Å². The van der Waals surface area contributed by atoms with Crippen LogP contribution in [-0.4, -0.2) is 36.4 Å². The lowest BCUT2D eigenvalue weighted by atomic mass is 10.0. The lowest BCUT2D eigenvalue weighted by Gasteiger charge is -2.26. The summed E-state index contributed by atoms with van der Waals surface area (Å²) in [5, 5.41) is 11.9. The molecule has 0 radical (unpaired) electrons. The molecule has 0 unspecified atom stereocenters. The molecule has 126 valence electrons. The molecule has 0 bridgehead atoms. The summed E-state index contributed by atoms with van der Waals surface area (Å²) in [5.41, 5.74) is 4.21. The Morgan fingerprint density at radius 1 is 1.38 bits per heavy atom. The van der Waals surface area contributed by atoms with Crippen LogP contribution >= 0.6 is 0 Å². The fourth-order valence-electron chi connectivity index (χ4n) is 3.38. The Morgan fingerprint density at radius 2 is 2.21 bits per heavy atom. The van der Waals surface area contributed by atoms with Gasteiger partial charge in [0, 0.05) is 55.9 Å². The molecule has 1 aliphatic heterocycles. The van der Waals surface area contributed by atoms with Crippen LogP contribution in [0.5, 0.6) is 0 Å². The Kier molecular flexibility index (Phi) is 3.56. The van der Waals surface area contributed by atoms with E-state index in [0.29, 0.717) is 25.1 Å². The highest BCUT2D eigenvalue weighted by Gasteiger charge is 2.26. The Balaban J connectivity index is 1.58. The Bertz CT molecular complexity index is 897. The molecule has 24 heavy (non-hydrogen) atoms. The van der Waals surface area contributed by atoms with Gasteiger partial charge in [-0.15, -0.1) is 0 Å². The van der Waals surface area contributed by atoms with Gasteiger partial charge in [-0.05, 0) is 18.6 Å². The molecule has 0 aliphatic carbocycles. The molecule has 0 fully saturated rings. The van der Waals surface area contributed by atoms with Crippen LogP contribution in [0.2, 0.25) is 0 Å². The molecule has 6 nitrogen and oxygen atoms in total. The van der Waals surface area contributed by atoms with E-state index in [0.717, 1.165) is 34.5 Å². The summed E-state index contributed by atoms with van der Waals surface area (Å²) in [6.45, 7) is 3.92. The van der Waals surface area contributed by atoms with Gasteiger partial charge in [-0.25, -0.2) is 13.8 Å². The summed E-state index contributed by atoms with van der Waals surface area (Å²) in [6, 6.07) is 2.09. The number of rotatable bonds is 3. The van der Waals surface area contributed by atoms with Crippen LogP contribution in [0.25, 0.3) is 11.0 Å². The van der Waals surface area contributed by atoms with Crippen molar-refractivity contribution in [3.63, 3.8) is 0 Å². The maximum Gasteiger partial charge on any atom is 0.282 e. The number of pyridine rings is 1. The first-order valence-electron chi connectivity index (χ1n) is 7.87. The first kappa shape index (κ1) is 15.2. The van der Waals surface area contributed by atoms with Gasteiger partial charge in [0.25, 0.3) is 6.43 Å². The van der Waals surface area contributed by atoms with Crippen molar-refractivity contribution in [2.75, 3.05) is 6.54 Å². The van der Waals surface area contributed by atoms with Crippen LogP contribution < -0.4 is 0 Å². The third kappa shape index (κ3) is 2.47. The fourth-order valence-corrected chi connectivity index (χ4v) is 3.38. The van der Waals surface area contributed by atoms with Crippen molar-refractivity contribution in [2.45, 2.75) is 32.9 Å². The molecule has 3 aromatic rings. The van der Waals surface area contributed by atoms with E-state index in [1.165, 1.54) is 0 Å². The Labute approximate surface area is 137 Å². The average Bonchev–Trinajstić information content (AvgIpc) is 3.09. The smallest absolute Gasteiger partial charge is 0.282 e. The highest BCUT2D eigenvalue weighted by molar-refractivity contribution is 5.78. The molecule has 0 saturated carbocycles. The van der Waals surface area contributed by atoms with Gasteiger partial charge in [-0.2, -0.15) is 10.2 Å². The first-order valence-corrected chi connectivity index (χ1v) is 7.87. The van der Waals surface area contributed by atoms with Crippen molar-refractivity contribution >= 4 is 11.0 Å². The van der Waals surface area contributed by atoms with Crippen LogP contribution in [0.1, 0.15) is 34.6 Å². The SMILES string of the molecule is Cc1nn(C)c2ncc(CN3CCc4[nH]nc(C(F)F)c4C3)cc12. The minimum absolute atomic E-state index is 0.119. The predicted molar refractivity (Wildman–Crippen MR) is 84.6 cm³/mol. The van der Waals surface area contributed by atoms with Crippen molar-refractivity contribution in [3.05, 3.63) is 40.5 Å². The second-order valence-electron chi connectivity index (χ2n) is 6.25. The summed E-state index contributed by atoms with van der Waals surface area (Å²) < 4.78 is 27.9. The number of H-pyrrole nitrogens is 1. The number of hydrogen-bond donors (Lipinski definition) is 1. The molecule has 0 saturated heterocycles. The lowest BCUT2D eigenvalue weighted by Crippen LogP contribution is -2.30. The third-order valence-electron chi connectivity index (χ3n) is 4.58. The highest BCUT2D eigenvalue weighted by atomic mass is 19.3. The van der Waals surface area contributed by atoms with Crippen molar-refractivity contribution in [1.29, 1.82) is 0 Å². The molecular formula is C16H18F2N6. The van der Waals surface area contributed by atoms with Gasteiger partial charge >= 0.3 is 0 Å². The standard InChI is InChI=1S/C16H18F2N6/c1-9-11-5-10(6-19-16(11)23(2)22-9)7-24-4-3-13-12(8-24)14(15(17)18)21-20-13/h5-6,15H,3-4,7-8H2,1-2H3,(H,20,21). The summed E-state index contributed by atoms with van der Waals surface area (Å²) in [7, 11) is 1.87. The topological polar surface area (TPSA) is 62.6 Å². The first-order chi connectivity index (χ1) is 11.5. The molecular weight excluding hydrogens is 314 g/mol. The van der Waals surface area contributed by atoms with E-state index >= 15 is 0 Å². The van der Waals surface area contributed by atoms with Gasteiger partial charge < -0.3 is 0 Å². The van der Waals surface area contributed by atoms with Crippen molar-refractivity contribution in [1.82, 2.24) is 29.9 Å². The second kappa shape index (κ2) is 5.62. The molecule has 0 aromatic carbocycles. The van der Waals surface area contributed by atoms with Gasteiger partial charge in [0.2, 0.25) is 0 Å². The molecule has 4 rings (SSSR count). The van der Waals surface area contributed by atoms with Crippen LogP contribution in [0.4, 0.5) is 8.78 Å². The fraction of sp³-hybridized carbons (Fsp3) is 0.438. The highest BCUT2D eigenvalue weighted by Crippen LogP contribution is 2.28. The molecule has 3 aromatic heterocycles. The maximum absolute atomic E-state index is 13.0. The Morgan fingerprint density at radius 3 is 3.00 bits per heavy atom. The number of hydrogen-bond acceptors (Lipinski definition) is 4. The number of fused-ring (bicyclic) bond motifs is 2. The van der Waals surface area contributed by atoms with Crippen molar-refractivity contribution in [2.24, 2.45) is 7.05 Å². The van der Waals surface area contributed by atoms with E-state index in [1.54, 1.807) is 4.68 Å². The van der Waals surface area contributed by atoms with Gasteiger partial charge in [0.15, 0.2) is 5.65 Å². The Hall–Kier alpha value is -2.35. The van der Waals surface area contributed by atoms with E-state index in [9.17, 15) is 8.78 Å². The number of aromatic amines is 1. The van der Waals surface area contributed by atoms with Gasteiger partial charge in [0.05, 0.1) is 5.69 Å². The summed E-state index contributed by atoms with van der Waals surface area (Å²) in [5.74, 6) is 0. The molecule has 4 heterocycles. The van der Waals surface area contributed by atoms with E-state index in [2.05, 4.69) is 31.2 Å². The number of halogens is 2. The van der Waals surface area contributed by atoms with E-state index < -0.39 is 6.43 Å². The zero-order valence-electron chi connectivity index (χ0n) is 13.6. The minimum Gasteiger partial charge on any atom is -0.294 e. The quantitative estimate of drug-likeness (QED) is 0.800. The number of aryl methyl sites for hydroxylation is 2. The molecule has 1 aliphatic rings. The van der Waals surface area contributed by atoms with Crippen LogP contribution in [0.15, 0.2) is 12.3 Å².